The molecule has 0 aliphatic heterocycles. The van der Waals surface area contributed by atoms with E-state index in [9.17, 15) is 4.79 Å². The summed E-state index contributed by atoms with van der Waals surface area (Å²) >= 11 is 1.34. The first kappa shape index (κ1) is 15.4. The lowest BCUT2D eigenvalue weighted by molar-refractivity contribution is 0.0956. The number of nitrogens with two attached hydrogens (primary N) is 1. The Kier molecular flexibility index (Phi) is 4.00. The molecule has 0 radical (unpaired) electrons. The maximum absolute atomic E-state index is 12.5. The van der Waals surface area contributed by atoms with Crippen LogP contribution >= 0.6 is 11.3 Å². The molecule has 3 aromatic heterocycles. The number of aromatic nitrogens is 2. The number of aryl methyl sites for hydroxylation is 2. The summed E-state index contributed by atoms with van der Waals surface area (Å²) in [6.45, 7) is 6.44. The number of amides is 1. The Labute approximate surface area is 138 Å². The van der Waals surface area contributed by atoms with Gasteiger partial charge in [0.05, 0.1) is 5.69 Å². The van der Waals surface area contributed by atoms with Gasteiger partial charge in [-0.25, -0.2) is 4.98 Å². The van der Waals surface area contributed by atoms with E-state index in [0.717, 1.165) is 32.6 Å². The molecule has 23 heavy (non-hydrogen) atoms. The first-order chi connectivity index (χ1) is 11.0. The van der Waals surface area contributed by atoms with Crippen molar-refractivity contribution >= 4 is 33.1 Å². The van der Waals surface area contributed by atoms with Gasteiger partial charge in [-0.2, -0.15) is 0 Å². The molecule has 5 nitrogen and oxygen atoms in total. The maximum atomic E-state index is 12.5. The molecular weight excluding hydrogens is 308 g/mol. The van der Waals surface area contributed by atoms with Crippen LogP contribution in [-0.4, -0.2) is 15.9 Å². The van der Waals surface area contributed by atoms with Gasteiger partial charge >= 0.3 is 0 Å². The molecule has 0 aliphatic carbocycles. The van der Waals surface area contributed by atoms with Crippen LogP contribution in [0.3, 0.4) is 0 Å². The maximum Gasteiger partial charge on any atom is 0.263 e. The van der Waals surface area contributed by atoms with Crippen molar-refractivity contribution in [2.75, 3.05) is 5.73 Å². The molecule has 6 heteroatoms. The van der Waals surface area contributed by atoms with Crippen molar-refractivity contribution in [1.29, 1.82) is 0 Å². The minimum atomic E-state index is -0.177. The second-order valence-electron chi connectivity index (χ2n) is 5.52. The number of nitrogens with zero attached hydrogens (tertiary/aromatic N) is 2. The van der Waals surface area contributed by atoms with Crippen LogP contribution in [0.15, 0.2) is 24.5 Å². The summed E-state index contributed by atoms with van der Waals surface area (Å²) in [5.74, 6) is -0.177. The number of nitrogen functional groups attached to an aromatic ring is 1. The van der Waals surface area contributed by atoms with Gasteiger partial charge < -0.3 is 11.1 Å². The SMILES string of the molecule is Cc1nc2sc(C(=O)NCc3cccnc3)c(N)c2c(C)c1C. The highest BCUT2D eigenvalue weighted by molar-refractivity contribution is 7.21. The molecule has 0 saturated heterocycles. The number of hydrogen-bond donors (Lipinski definition) is 2. The number of carbonyl (C=O) groups is 1. The minimum Gasteiger partial charge on any atom is -0.397 e. The van der Waals surface area contributed by atoms with Gasteiger partial charge in [-0.1, -0.05) is 6.07 Å². The molecule has 3 aromatic rings. The molecule has 0 unspecified atom stereocenters. The number of nitrogens with one attached hydrogen (secondary N) is 1. The lowest BCUT2D eigenvalue weighted by Gasteiger charge is -2.06. The fourth-order valence-corrected chi connectivity index (χ4v) is 3.62. The second kappa shape index (κ2) is 5.96. The van der Waals surface area contributed by atoms with Crippen LogP contribution in [0, 0.1) is 20.8 Å². The van der Waals surface area contributed by atoms with Gasteiger partial charge in [0.1, 0.15) is 9.71 Å². The summed E-state index contributed by atoms with van der Waals surface area (Å²) in [7, 11) is 0. The largest absolute Gasteiger partial charge is 0.397 e. The number of rotatable bonds is 3. The van der Waals surface area contributed by atoms with Crippen LogP contribution in [0.2, 0.25) is 0 Å². The Morgan fingerprint density at radius 3 is 2.78 bits per heavy atom. The Balaban J connectivity index is 1.92. The number of hydrogen-bond acceptors (Lipinski definition) is 5. The highest BCUT2D eigenvalue weighted by Gasteiger charge is 2.20. The van der Waals surface area contributed by atoms with E-state index in [1.54, 1.807) is 12.4 Å². The summed E-state index contributed by atoms with van der Waals surface area (Å²) in [6, 6.07) is 3.76. The Morgan fingerprint density at radius 1 is 1.30 bits per heavy atom. The average molecular weight is 326 g/mol. The van der Waals surface area contributed by atoms with E-state index in [1.165, 1.54) is 11.3 Å². The molecule has 0 spiro atoms. The van der Waals surface area contributed by atoms with E-state index in [-0.39, 0.29) is 5.91 Å². The number of pyridine rings is 2. The predicted molar refractivity (Wildman–Crippen MR) is 93.7 cm³/mol. The van der Waals surface area contributed by atoms with Crippen LogP contribution in [0.4, 0.5) is 5.69 Å². The number of fused-ring (bicyclic) bond motifs is 1. The topological polar surface area (TPSA) is 80.9 Å². The van der Waals surface area contributed by atoms with E-state index < -0.39 is 0 Å². The van der Waals surface area contributed by atoms with Crippen LogP contribution in [0.1, 0.15) is 32.1 Å². The molecule has 3 N–H and O–H groups in total. The van der Waals surface area contributed by atoms with Gasteiger partial charge in [0.15, 0.2) is 0 Å². The fraction of sp³-hybridized carbons (Fsp3) is 0.235. The average Bonchev–Trinajstić information content (AvgIpc) is 2.88. The Hall–Kier alpha value is -2.47. The quantitative estimate of drug-likeness (QED) is 0.775. The Morgan fingerprint density at radius 2 is 2.09 bits per heavy atom. The first-order valence-corrected chi connectivity index (χ1v) is 8.13. The normalized spacial score (nSPS) is 10.9. The van der Waals surface area contributed by atoms with Crippen molar-refractivity contribution in [2.24, 2.45) is 0 Å². The molecule has 0 fully saturated rings. The van der Waals surface area contributed by atoms with Crippen LogP contribution < -0.4 is 11.1 Å². The van der Waals surface area contributed by atoms with Gasteiger partial charge in [0.25, 0.3) is 5.91 Å². The summed E-state index contributed by atoms with van der Waals surface area (Å²) in [5.41, 5.74) is 10.9. The zero-order valence-electron chi connectivity index (χ0n) is 13.3. The van der Waals surface area contributed by atoms with Crippen molar-refractivity contribution < 1.29 is 4.79 Å². The van der Waals surface area contributed by atoms with E-state index in [4.69, 9.17) is 5.73 Å². The van der Waals surface area contributed by atoms with Crippen LogP contribution in [0.5, 0.6) is 0 Å². The molecule has 0 aliphatic rings. The lowest BCUT2D eigenvalue weighted by atomic mass is 10.1. The van der Waals surface area contributed by atoms with Crippen molar-refractivity contribution in [3.63, 3.8) is 0 Å². The predicted octanol–water partition coefficient (Wildman–Crippen LogP) is 3.13. The third-order valence-corrected chi connectivity index (χ3v) is 5.16. The summed E-state index contributed by atoms with van der Waals surface area (Å²) < 4.78 is 0. The lowest BCUT2D eigenvalue weighted by Crippen LogP contribution is -2.22. The molecule has 118 valence electrons. The molecule has 3 heterocycles. The summed E-state index contributed by atoms with van der Waals surface area (Å²) in [4.78, 5) is 22.4. The Bertz CT molecular complexity index is 887. The molecule has 1 amide bonds. The molecule has 0 saturated carbocycles. The summed E-state index contributed by atoms with van der Waals surface area (Å²) in [5, 5.41) is 3.78. The minimum absolute atomic E-state index is 0.177. The number of thiophene rings is 1. The first-order valence-electron chi connectivity index (χ1n) is 7.32. The second-order valence-corrected chi connectivity index (χ2v) is 6.52. The molecule has 0 aromatic carbocycles. The van der Waals surface area contributed by atoms with Crippen LogP contribution in [-0.2, 0) is 6.54 Å². The molecular formula is C17H18N4OS. The van der Waals surface area contributed by atoms with Crippen molar-refractivity contribution in [1.82, 2.24) is 15.3 Å². The number of carbonyl (C=O) groups excluding carboxylic acids is 1. The van der Waals surface area contributed by atoms with Crippen molar-refractivity contribution in [3.8, 4) is 0 Å². The molecule has 0 atom stereocenters. The van der Waals surface area contributed by atoms with E-state index >= 15 is 0 Å². The van der Waals surface area contributed by atoms with Gasteiger partial charge in [0.2, 0.25) is 0 Å². The third kappa shape index (κ3) is 2.77. The van der Waals surface area contributed by atoms with Gasteiger partial charge in [0, 0.05) is 30.0 Å². The zero-order chi connectivity index (χ0) is 16.6. The van der Waals surface area contributed by atoms with Crippen molar-refractivity contribution in [3.05, 3.63) is 51.8 Å². The standard InChI is InChI=1S/C17H18N4OS/c1-9-10(2)13-14(18)15(23-17(13)21-11(9)3)16(22)20-8-12-5-4-6-19-7-12/h4-7H,8,18H2,1-3H3,(H,20,22). The van der Waals surface area contributed by atoms with Crippen LogP contribution in [0.25, 0.3) is 10.2 Å². The smallest absolute Gasteiger partial charge is 0.263 e. The van der Waals surface area contributed by atoms with Gasteiger partial charge in [-0.3, -0.25) is 9.78 Å². The van der Waals surface area contributed by atoms with E-state index in [0.29, 0.717) is 17.1 Å². The summed E-state index contributed by atoms with van der Waals surface area (Å²) in [6.07, 6.45) is 3.43. The molecule has 0 bridgehead atoms. The molecule has 3 rings (SSSR count). The van der Waals surface area contributed by atoms with Gasteiger partial charge in [-0.05, 0) is 43.5 Å². The highest BCUT2D eigenvalue weighted by atomic mass is 32.1. The van der Waals surface area contributed by atoms with E-state index in [1.807, 2.05) is 32.9 Å². The van der Waals surface area contributed by atoms with Gasteiger partial charge in [-0.15, -0.1) is 11.3 Å². The van der Waals surface area contributed by atoms with Crippen molar-refractivity contribution in [2.45, 2.75) is 27.3 Å². The van der Waals surface area contributed by atoms with E-state index in [2.05, 4.69) is 15.3 Å². The fourth-order valence-electron chi connectivity index (χ4n) is 2.50. The number of anilines is 1. The third-order valence-electron chi connectivity index (χ3n) is 4.06. The highest BCUT2D eigenvalue weighted by Crippen LogP contribution is 2.36. The zero-order valence-corrected chi connectivity index (χ0v) is 14.1. The monoisotopic (exact) mass is 326 g/mol.